The van der Waals surface area contributed by atoms with E-state index >= 15 is 0 Å². The molecule has 0 aliphatic carbocycles. The molecule has 1 aliphatic heterocycles. The van der Waals surface area contributed by atoms with Gasteiger partial charge in [0.15, 0.2) is 0 Å². The fourth-order valence-electron chi connectivity index (χ4n) is 1.37. The lowest BCUT2D eigenvalue weighted by molar-refractivity contribution is 0.135. The Hall–Kier alpha value is -3.03. The van der Waals surface area contributed by atoms with Crippen LogP contribution in [0.25, 0.3) is 6.08 Å². The van der Waals surface area contributed by atoms with Crippen LogP contribution in [0.5, 0.6) is 0 Å². The molecule has 0 N–H and O–H groups in total. The van der Waals surface area contributed by atoms with Gasteiger partial charge in [-0.3, -0.25) is 0 Å². The average Bonchev–Trinajstić information content (AvgIpc) is 2.92. The van der Waals surface area contributed by atoms with Crippen LogP contribution in [0.15, 0.2) is 49.2 Å². The number of benzene rings is 1. The number of hydrogen-bond donors (Lipinski definition) is 0. The summed E-state index contributed by atoms with van der Waals surface area (Å²) in [6.07, 6.45) is 4.44. The minimum atomic E-state index is -1.62. The lowest BCUT2D eigenvalue weighted by Crippen LogP contribution is -2.30. The summed E-state index contributed by atoms with van der Waals surface area (Å²) < 4.78 is 4.72. The standard InChI is InChI=1S/C8H8.C7H3N3O/c1-2-8-6-4-3-5-7-8;8-3-6-1-2-11-7(6,4-9)5-10/h2-7H,1H2;1-2,6H. The van der Waals surface area contributed by atoms with Crippen molar-refractivity contribution in [2.24, 2.45) is 5.92 Å². The first kappa shape index (κ1) is 14.0. The second kappa shape index (κ2) is 6.64. The Morgan fingerprint density at radius 3 is 2.16 bits per heavy atom. The highest BCUT2D eigenvalue weighted by molar-refractivity contribution is 5.45. The van der Waals surface area contributed by atoms with Crippen LogP contribution in [0.4, 0.5) is 0 Å². The summed E-state index contributed by atoms with van der Waals surface area (Å²) in [7, 11) is 0. The van der Waals surface area contributed by atoms with Crippen LogP contribution in [0, 0.1) is 39.9 Å². The van der Waals surface area contributed by atoms with Crippen molar-refractivity contribution in [3.8, 4) is 18.2 Å². The maximum Gasteiger partial charge on any atom is 0.298 e. The molecule has 92 valence electrons. The van der Waals surface area contributed by atoms with Crippen molar-refractivity contribution >= 4 is 6.08 Å². The Kier molecular flexibility index (Phi) is 4.91. The summed E-state index contributed by atoms with van der Waals surface area (Å²) >= 11 is 0. The van der Waals surface area contributed by atoms with Gasteiger partial charge in [-0.25, -0.2) is 0 Å². The molecule has 1 aliphatic rings. The molecule has 1 aromatic carbocycles. The van der Waals surface area contributed by atoms with Gasteiger partial charge in [0.1, 0.15) is 18.1 Å². The van der Waals surface area contributed by atoms with E-state index in [1.165, 1.54) is 17.9 Å². The second-order valence-corrected chi connectivity index (χ2v) is 3.63. The van der Waals surface area contributed by atoms with Crippen molar-refractivity contribution in [1.82, 2.24) is 0 Å². The molecule has 0 saturated heterocycles. The third-order valence-corrected chi connectivity index (χ3v) is 2.47. The molecular formula is C15H11N3O. The summed E-state index contributed by atoms with van der Waals surface area (Å²) in [4.78, 5) is 0. The molecule has 0 bridgehead atoms. The molecule has 0 saturated carbocycles. The van der Waals surface area contributed by atoms with E-state index in [0.29, 0.717) is 0 Å². The first-order chi connectivity index (χ1) is 9.22. The highest BCUT2D eigenvalue weighted by atomic mass is 16.5. The van der Waals surface area contributed by atoms with Crippen LogP contribution in [0.3, 0.4) is 0 Å². The quantitative estimate of drug-likeness (QED) is 0.766. The normalized spacial score (nSPS) is 17.6. The molecule has 0 amide bonds. The lowest BCUT2D eigenvalue weighted by atomic mass is 9.93. The summed E-state index contributed by atoms with van der Waals surface area (Å²) in [5, 5.41) is 25.5. The van der Waals surface area contributed by atoms with Crippen LogP contribution in [-0.2, 0) is 4.74 Å². The Bertz CT molecular complexity index is 571. The van der Waals surface area contributed by atoms with Crippen LogP contribution in [-0.4, -0.2) is 5.60 Å². The van der Waals surface area contributed by atoms with Gasteiger partial charge < -0.3 is 4.74 Å². The van der Waals surface area contributed by atoms with Gasteiger partial charge in [0, 0.05) is 0 Å². The van der Waals surface area contributed by atoms with E-state index in [1.54, 1.807) is 18.2 Å². The maximum atomic E-state index is 8.53. The van der Waals surface area contributed by atoms with Crippen molar-refractivity contribution in [3.63, 3.8) is 0 Å². The SMILES string of the molecule is C=Cc1ccccc1.N#CC1C=COC1(C#N)C#N. The van der Waals surface area contributed by atoms with Crippen LogP contribution >= 0.6 is 0 Å². The average molecular weight is 249 g/mol. The first-order valence-corrected chi connectivity index (χ1v) is 5.46. The number of nitriles is 3. The molecule has 4 heteroatoms. The van der Waals surface area contributed by atoms with Crippen molar-refractivity contribution in [2.45, 2.75) is 5.60 Å². The van der Waals surface area contributed by atoms with E-state index in [4.69, 9.17) is 20.5 Å². The Morgan fingerprint density at radius 1 is 1.16 bits per heavy atom. The van der Waals surface area contributed by atoms with E-state index in [1.807, 2.05) is 36.4 Å². The van der Waals surface area contributed by atoms with Crippen LogP contribution in [0.1, 0.15) is 5.56 Å². The Morgan fingerprint density at radius 2 is 1.79 bits per heavy atom. The van der Waals surface area contributed by atoms with Crippen LogP contribution in [0.2, 0.25) is 0 Å². The van der Waals surface area contributed by atoms with Gasteiger partial charge in [-0.05, 0) is 11.6 Å². The van der Waals surface area contributed by atoms with E-state index in [9.17, 15) is 0 Å². The molecule has 0 radical (unpaired) electrons. The second-order valence-electron chi connectivity index (χ2n) is 3.63. The van der Waals surface area contributed by atoms with Gasteiger partial charge in [-0.15, -0.1) is 0 Å². The van der Waals surface area contributed by atoms with Gasteiger partial charge in [0.05, 0.1) is 12.3 Å². The zero-order valence-corrected chi connectivity index (χ0v) is 10.2. The van der Waals surface area contributed by atoms with Gasteiger partial charge in [-0.2, -0.15) is 15.8 Å². The minimum absolute atomic E-state index is 0.780. The highest BCUT2D eigenvalue weighted by Crippen LogP contribution is 2.27. The van der Waals surface area contributed by atoms with E-state index < -0.39 is 11.5 Å². The lowest BCUT2D eigenvalue weighted by Gasteiger charge is -2.13. The Labute approximate surface area is 112 Å². The van der Waals surface area contributed by atoms with E-state index in [2.05, 4.69) is 6.58 Å². The first-order valence-electron chi connectivity index (χ1n) is 5.46. The maximum absolute atomic E-state index is 8.53. The van der Waals surface area contributed by atoms with Crippen molar-refractivity contribution in [2.75, 3.05) is 0 Å². The smallest absolute Gasteiger partial charge is 0.298 e. The summed E-state index contributed by atoms with van der Waals surface area (Å²) in [6.45, 7) is 3.63. The summed E-state index contributed by atoms with van der Waals surface area (Å²) in [5.41, 5.74) is -0.443. The number of rotatable bonds is 1. The number of nitrogens with zero attached hydrogens (tertiary/aromatic N) is 3. The molecular weight excluding hydrogens is 238 g/mol. The Balaban J connectivity index is 0.000000200. The molecule has 1 atom stereocenters. The van der Waals surface area contributed by atoms with Crippen LogP contribution < -0.4 is 0 Å². The van der Waals surface area contributed by atoms with Gasteiger partial charge in [0.2, 0.25) is 0 Å². The molecule has 19 heavy (non-hydrogen) atoms. The zero-order valence-electron chi connectivity index (χ0n) is 10.2. The van der Waals surface area contributed by atoms with Crippen molar-refractivity contribution < 1.29 is 4.74 Å². The predicted octanol–water partition coefficient (Wildman–Crippen LogP) is 2.79. The largest absolute Gasteiger partial charge is 0.465 e. The topological polar surface area (TPSA) is 80.6 Å². The fraction of sp³-hybridized carbons (Fsp3) is 0.133. The molecule has 1 unspecified atom stereocenters. The highest BCUT2D eigenvalue weighted by Gasteiger charge is 2.43. The predicted molar refractivity (Wildman–Crippen MR) is 69.8 cm³/mol. The van der Waals surface area contributed by atoms with Crippen molar-refractivity contribution in [3.05, 3.63) is 54.8 Å². The summed E-state index contributed by atoms with van der Waals surface area (Å²) in [6, 6.07) is 15.1. The fourth-order valence-corrected chi connectivity index (χ4v) is 1.37. The third kappa shape index (κ3) is 3.22. The van der Waals surface area contributed by atoms with E-state index in [0.717, 1.165) is 0 Å². The third-order valence-electron chi connectivity index (χ3n) is 2.47. The number of hydrogen-bond acceptors (Lipinski definition) is 4. The van der Waals surface area contributed by atoms with Gasteiger partial charge >= 0.3 is 0 Å². The zero-order chi connectivity index (χ0) is 14.1. The number of ether oxygens (including phenoxy) is 1. The molecule has 0 fully saturated rings. The summed E-state index contributed by atoms with van der Waals surface area (Å²) in [5.74, 6) is -0.780. The molecule has 1 aromatic rings. The van der Waals surface area contributed by atoms with Gasteiger partial charge in [0.25, 0.3) is 5.60 Å². The van der Waals surface area contributed by atoms with E-state index in [-0.39, 0.29) is 0 Å². The molecule has 2 rings (SSSR count). The van der Waals surface area contributed by atoms with Crippen molar-refractivity contribution in [1.29, 1.82) is 15.8 Å². The minimum Gasteiger partial charge on any atom is -0.465 e. The molecule has 0 spiro atoms. The molecule has 0 aromatic heterocycles. The molecule has 4 nitrogen and oxygen atoms in total. The van der Waals surface area contributed by atoms with Gasteiger partial charge in [-0.1, -0.05) is 43.0 Å². The monoisotopic (exact) mass is 249 g/mol. The molecule has 1 heterocycles.